The van der Waals surface area contributed by atoms with Gasteiger partial charge < -0.3 is 4.52 Å². The van der Waals surface area contributed by atoms with Crippen molar-refractivity contribution in [3.63, 3.8) is 0 Å². The maximum absolute atomic E-state index is 14.3. The summed E-state index contributed by atoms with van der Waals surface area (Å²) in [4.78, 5) is -1.07. The van der Waals surface area contributed by atoms with Crippen LogP contribution in [0, 0.1) is 23.0 Å². The standard InChI is InChI=1S/C18H11F3N2O3S/c1-27(24,25)18-13(20)6-12(7-14(18)21)16-15(8-19)26-23-17(16)11-4-2-3-10(5-11)9-22/h2-7H,8H2,1H3. The predicted molar refractivity (Wildman–Crippen MR) is 89.9 cm³/mol. The van der Waals surface area contributed by atoms with Crippen LogP contribution in [-0.2, 0) is 16.5 Å². The minimum absolute atomic E-state index is 0.0227. The zero-order valence-corrected chi connectivity index (χ0v) is 14.6. The molecule has 1 aromatic heterocycles. The van der Waals surface area contributed by atoms with Crippen molar-refractivity contribution < 1.29 is 26.1 Å². The summed E-state index contributed by atoms with van der Waals surface area (Å²) in [5, 5.41) is 12.8. The van der Waals surface area contributed by atoms with Gasteiger partial charge in [-0.1, -0.05) is 17.3 Å². The largest absolute Gasteiger partial charge is 0.357 e. The molecular weight excluding hydrogens is 381 g/mol. The molecule has 0 amide bonds. The summed E-state index contributed by atoms with van der Waals surface area (Å²) < 4.78 is 69.9. The van der Waals surface area contributed by atoms with E-state index in [1.165, 1.54) is 6.07 Å². The lowest BCUT2D eigenvalue weighted by molar-refractivity contribution is 0.332. The van der Waals surface area contributed by atoms with E-state index in [0.717, 1.165) is 12.1 Å². The lowest BCUT2D eigenvalue weighted by Gasteiger charge is -2.08. The number of aromatic nitrogens is 1. The summed E-state index contributed by atoms with van der Waals surface area (Å²) in [7, 11) is -4.14. The topological polar surface area (TPSA) is 84.0 Å². The van der Waals surface area contributed by atoms with Crippen molar-refractivity contribution >= 4 is 9.84 Å². The van der Waals surface area contributed by atoms with E-state index in [0.29, 0.717) is 17.4 Å². The van der Waals surface area contributed by atoms with Crippen molar-refractivity contribution in [3.8, 4) is 28.5 Å². The van der Waals surface area contributed by atoms with Crippen LogP contribution in [0.15, 0.2) is 45.8 Å². The summed E-state index contributed by atoms with van der Waals surface area (Å²) >= 11 is 0. The van der Waals surface area contributed by atoms with Gasteiger partial charge in [-0.15, -0.1) is 0 Å². The Hall–Kier alpha value is -3.12. The molecule has 0 fully saturated rings. The second kappa shape index (κ2) is 6.89. The van der Waals surface area contributed by atoms with Crippen molar-refractivity contribution in [1.29, 1.82) is 5.26 Å². The van der Waals surface area contributed by atoms with E-state index >= 15 is 0 Å². The monoisotopic (exact) mass is 392 g/mol. The van der Waals surface area contributed by atoms with E-state index in [-0.39, 0.29) is 22.6 Å². The van der Waals surface area contributed by atoms with Crippen molar-refractivity contribution in [2.75, 3.05) is 6.26 Å². The van der Waals surface area contributed by atoms with Gasteiger partial charge in [-0.2, -0.15) is 5.26 Å². The number of nitriles is 1. The number of nitrogens with zero attached hydrogens (tertiary/aromatic N) is 2. The Balaban J connectivity index is 2.27. The molecule has 0 unspecified atom stereocenters. The second-order valence-electron chi connectivity index (χ2n) is 5.70. The molecule has 3 aromatic rings. The van der Waals surface area contributed by atoms with Gasteiger partial charge in [0.05, 0.1) is 17.2 Å². The zero-order valence-electron chi connectivity index (χ0n) is 13.8. The number of hydrogen-bond donors (Lipinski definition) is 0. The van der Waals surface area contributed by atoms with Gasteiger partial charge in [-0.05, 0) is 29.8 Å². The average Bonchev–Trinajstić information content (AvgIpc) is 3.04. The highest BCUT2D eigenvalue weighted by atomic mass is 32.2. The Morgan fingerprint density at radius 2 is 1.81 bits per heavy atom. The minimum atomic E-state index is -4.14. The first kappa shape index (κ1) is 18.7. The molecule has 0 saturated heterocycles. The molecule has 2 aromatic carbocycles. The number of halogens is 3. The fourth-order valence-electron chi connectivity index (χ4n) is 2.70. The van der Waals surface area contributed by atoms with Gasteiger partial charge in [-0.25, -0.2) is 21.6 Å². The Labute approximate surface area is 152 Å². The molecule has 0 bridgehead atoms. The van der Waals surface area contributed by atoms with E-state index < -0.39 is 33.0 Å². The summed E-state index contributed by atoms with van der Waals surface area (Å²) in [6.45, 7) is -1.10. The first-order valence-corrected chi connectivity index (χ1v) is 9.40. The van der Waals surface area contributed by atoms with Gasteiger partial charge in [0.25, 0.3) is 0 Å². The van der Waals surface area contributed by atoms with Crippen LogP contribution in [0.5, 0.6) is 0 Å². The number of rotatable bonds is 4. The summed E-state index contributed by atoms with van der Waals surface area (Å²) in [6, 6.07) is 9.64. The zero-order chi connectivity index (χ0) is 19.8. The Morgan fingerprint density at radius 1 is 1.15 bits per heavy atom. The van der Waals surface area contributed by atoms with E-state index in [1.54, 1.807) is 18.2 Å². The molecule has 1 heterocycles. The molecule has 0 radical (unpaired) electrons. The molecule has 9 heteroatoms. The highest BCUT2D eigenvalue weighted by Gasteiger charge is 2.25. The average molecular weight is 392 g/mol. The van der Waals surface area contributed by atoms with Crippen LogP contribution in [0.2, 0.25) is 0 Å². The molecule has 0 saturated carbocycles. The fraction of sp³-hybridized carbons (Fsp3) is 0.111. The van der Waals surface area contributed by atoms with Gasteiger partial charge in [0.15, 0.2) is 22.3 Å². The third-order valence-corrected chi connectivity index (χ3v) is 4.94. The van der Waals surface area contributed by atoms with Crippen LogP contribution in [0.1, 0.15) is 11.3 Å². The number of hydrogen-bond acceptors (Lipinski definition) is 5. The SMILES string of the molecule is CS(=O)(=O)c1c(F)cc(-c2c(-c3cccc(C#N)c3)noc2CF)cc1F. The highest BCUT2D eigenvalue weighted by molar-refractivity contribution is 7.90. The maximum atomic E-state index is 14.3. The number of sulfone groups is 1. The maximum Gasteiger partial charge on any atom is 0.181 e. The molecular formula is C18H11F3N2O3S. The molecule has 0 N–H and O–H groups in total. The number of alkyl halides is 1. The van der Waals surface area contributed by atoms with Crippen molar-refractivity contribution in [2.45, 2.75) is 11.6 Å². The molecule has 0 aliphatic rings. The molecule has 0 aliphatic carbocycles. The van der Waals surface area contributed by atoms with E-state index in [4.69, 9.17) is 9.78 Å². The van der Waals surface area contributed by atoms with Crippen molar-refractivity contribution in [3.05, 3.63) is 59.4 Å². The summed E-state index contributed by atoms with van der Waals surface area (Å²) in [6.07, 6.45) is 0.680. The first-order chi connectivity index (χ1) is 12.8. The molecule has 27 heavy (non-hydrogen) atoms. The van der Waals surface area contributed by atoms with Crippen LogP contribution in [-0.4, -0.2) is 19.8 Å². The molecule has 0 atom stereocenters. The quantitative estimate of drug-likeness (QED) is 0.669. The van der Waals surface area contributed by atoms with Gasteiger partial charge in [-0.3, -0.25) is 0 Å². The molecule has 0 aliphatic heterocycles. The lowest BCUT2D eigenvalue weighted by Crippen LogP contribution is -2.05. The van der Waals surface area contributed by atoms with E-state index in [2.05, 4.69) is 5.16 Å². The van der Waals surface area contributed by atoms with Gasteiger partial charge in [0.2, 0.25) is 0 Å². The van der Waals surface area contributed by atoms with Crippen LogP contribution in [0.25, 0.3) is 22.4 Å². The highest BCUT2D eigenvalue weighted by Crippen LogP contribution is 2.37. The normalized spacial score (nSPS) is 11.4. The Bertz CT molecular complexity index is 1160. The molecule has 138 valence electrons. The third-order valence-electron chi connectivity index (χ3n) is 3.81. The first-order valence-electron chi connectivity index (χ1n) is 7.50. The lowest BCUT2D eigenvalue weighted by atomic mass is 9.98. The molecule has 3 rings (SSSR count). The fourth-order valence-corrected chi connectivity index (χ4v) is 3.53. The van der Waals surface area contributed by atoms with Crippen LogP contribution in [0.3, 0.4) is 0 Å². The van der Waals surface area contributed by atoms with E-state index in [9.17, 15) is 21.6 Å². The van der Waals surface area contributed by atoms with Crippen LogP contribution < -0.4 is 0 Å². The van der Waals surface area contributed by atoms with Crippen LogP contribution in [0.4, 0.5) is 13.2 Å². The minimum Gasteiger partial charge on any atom is -0.357 e. The Kier molecular flexibility index (Phi) is 4.76. The van der Waals surface area contributed by atoms with Gasteiger partial charge >= 0.3 is 0 Å². The van der Waals surface area contributed by atoms with Crippen molar-refractivity contribution in [2.24, 2.45) is 0 Å². The van der Waals surface area contributed by atoms with Gasteiger partial charge in [0.1, 0.15) is 22.2 Å². The Morgan fingerprint density at radius 3 is 2.37 bits per heavy atom. The van der Waals surface area contributed by atoms with Crippen LogP contribution >= 0.6 is 0 Å². The second-order valence-corrected chi connectivity index (χ2v) is 7.65. The van der Waals surface area contributed by atoms with E-state index in [1.807, 2.05) is 6.07 Å². The molecule has 5 nitrogen and oxygen atoms in total. The summed E-state index contributed by atoms with van der Waals surface area (Å²) in [5.74, 6) is -2.90. The van der Waals surface area contributed by atoms with Gasteiger partial charge in [0, 0.05) is 11.8 Å². The third kappa shape index (κ3) is 3.44. The number of benzene rings is 2. The molecule has 0 spiro atoms. The predicted octanol–water partition coefficient (Wildman–Crippen LogP) is 4.03. The smallest absolute Gasteiger partial charge is 0.181 e. The van der Waals surface area contributed by atoms with Crippen molar-refractivity contribution in [1.82, 2.24) is 5.16 Å². The summed E-state index contributed by atoms with van der Waals surface area (Å²) in [5.41, 5.74) is 0.591.